The Labute approximate surface area is 222 Å². The molecule has 8 nitrogen and oxygen atoms in total. The first-order valence-corrected chi connectivity index (χ1v) is 14.1. The summed E-state index contributed by atoms with van der Waals surface area (Å²) in [5, 5.41) is 10.0. The van der Waals surface area contributed by atoms with E-state index in [1.165, 1.54) is 6.42 Å². The summed E-state index contributed by atoms with van der Waals surface area (Å²) in [7, 11) is 0. The molecule has 1 aromatic heterocycles. The Morgan fingerprint density at radius 1 is 1.03 bits per heavy atom. The van der Waals surface area contributed by atoms with E-state index in [9.17, 15) is 23.9 Å². The van der Waals surface area contributed by atoms with Crippen LogP contribution in [0.4, 0.5) is 4.39 Å². The van der Waals surface area contributed by atoms with Gasteiger partial charge in [0.2, 0.25) is 5.91 Å². The minimum Gasteiger partial charge on any atom is -0.477 e. The van der Waals surface area contributed by atoms with Crippen LogP contribution in [0.3, 0.4) is 0 Å². The predicted octanol–water partition coefficient (Wildman–Crippen LogP) is 3.54. The predicted molar refractivity (Wildman–Crippen MR) is 143 cm³/mol. The maximum absolute atomic E-state index is 13.9. The van der Waals surface area contributed by atoms with Crippen LogP contribution in [0.5, 0.6) is 0 Å². The van der Waals surface area contributed by atoms with Gasteiger partial charge in [-0.25, -0.2) is 9.18 Å². The van der Waals surface area contributed by atoms with E-state index in [0.29, 0.717) is 24.9 Å². The van der Waals surface area contributed by atoms with Gasteiger partial charge in [0.25, 0.3) is 0 Å². The second kappa shape index (κ2) is 11.5. The second-order valence-corrected chi connectivity index (χ2v) is 11.4. The van der Waals surface area contributed by atoms with Crippen LogP contribution in [-0.4, -0.2) is 82.0 Å². The standard InChI is InChI=1S/C29H39FN4O4/c30-17-22(31)19-5-7-20(8-6-19)28(36)34-13-10-25(33-11-2-1-3-12-33)27(34)26(35)15-18-4-9-23-21(14-18)16-24(32-23)29(37)38/h4,9,14,16,19-20,22,25,27,32H,1-3,5-8,10-13,15,17,31H2,(H,37,38)/t19?,20?,22-,25-,27+/m1/s1. The van der Waals surface area contributed by atoms with E-state index in [2.05, 4.69) is 9.88 Å². The number of nitrogens with two attached hydrogens (primary N) is 1. The number of carbonyl (C=O) groups excluding carboxylic acids is 2. The second-order valence-electron chi connectivity index (χ2n) is 11.4. The third-order valence-corrected chi connectivity index (χ3v) is 9.04. The molecule has 1 saturated carbocycles. The number of carbonyl (C=O) groups is 3. The number of amides is 1. The van der Waals surface area contributed by atoms with Crippen LogP contribution in [0.1, 0.15) is 67.4 Å². The number of aromatic amines is 1. The Hall–Kier alpha value is -2.78. The van der Waals surface area contributed by atoms with Crippen LogP contribution in [0, 0.1) is 11.8 Å². The minimum atomic E-state index is -1.02. The van der Waals surface area contributed by atoms with Gasteiger partial charge in [-0.3, -0.25) is 14.5 Å². The SMILES string of the molecule is N[C@H](CF)C1CCC(C(=O)N2CC[C@@H](N3CCCCC3)[C@H]2C(=O)Cc2ccc3[nH]c(C(=O)O)cc3c2)CC1. The highest BCUT2D eigenvalue weighted by atomic mass is 19.1. The number of Topliss-reactive ketones (excluding diaryl/α,β-unsaturated/α-hetero) is 1. The van der Waals surface area contributed by atoms with Gasteiger partial charge in [0.05, 0.1) is 0 Å². The number of aromatic carboxylic acids is 1. The highest BCUT2D eigenvalue weighted by molar-refractivity contribution is 5.95. The molecule has 3 fully saturated rings. The van der Waals surface area contributed by atoms with E-state index >= 15 is 0 Å². The molecule has 3 heterocycles. The number of fused-ring (bicyclic) bond motifs is 1. The molecule has 3 atom stereocenters. The molecule has 0 bridgehead atoms. The number of halogens is 1. The summed E-state index contributed by atoms with van der Waals surface area (Å²) in [6, 6.07) is 6.20. The number of hydrogen-bond acceptors (Lipinski definition) is 5. The number of alkyl halides is 1. The van der Waals surface area contributed by atoms with Crippen molar-refractivity contribution in [2.24, 2.45) is 17.6 Å². The fraction of sp³-hybridized carbons (Fsp3) is 0.621. The zero-order valence-electron chi connectivity index (χ0n) is 21.9. The molecule has 38 heavy (non-hydrogen) atoms. The van der Waals surface area contributed by atoms with E-state index in [1.54, 1.807) is 6.07 Å². The van der Waals surface area contributed by atoms with Gasteiger partial charge >= 0.3 is 5.97 Å². The molecule has 3 aliphatic rings. The lowest BCUT2D eigenvalue weighted by molar-refractivity contribution is -0.143. The van der Waals surface area contributed by atoms with Gasteiger partial charge in [0, 0.05) is 41.9 Å². The molecule has 1 aromatic carbocycles. The lowest BCUT2D eigenvalue weighted by Gasteiger charge is -2.38. The zero-order chi connectivity index (χ0) is 26.8. The Bertz CT molecular complexity index is 1170. The number of carboxylic acids is 1. The van der Waals surface area contributed by atoms with Crippen molar-refractivity contribution < 1.29 is 23.9 Å². The van der Waals surface area contributed by atoms with E-state index < -0.39 is 24.7 Å². The van der Waals surface area contributed by atoms with Gasteiger partial charge in [0.1, 0.15) is 18.4 Å². The fourth-order valence-corrected chi connectivity index (χ4v) is 6.91. The van der Waals surface area contributed by atoms with Crippen molar-refractivity contribution in [1.29, 1.82) is 0 Å². The molecular formula is C29H39FN4O4. The zero-order valence-corrected chi connectivity index (χ0v) is 21.9. The molecule has 1 aliphatic carbocycles. The monoisotopic (exact) mass is 526 g/mol. The summed E-state index contributed by atoms with van der Waals surface area (Å²) in [4.78, 5) is 46.2. The first kappa shape index (κ1) is 26.8. The number of rotatable bonds is 8. The quantitative estimate of drug-likeness (QED) is 0.484. The van der Waals surface area contributed by atoms with Crippen LogP contribution in [-0.2, 0) is 16.0 Å². The molecule has 5 rings (SSSR count). The molecule has 1 amide bonds. The summed E-state index contributed by atoms with van der Waals surface area (Å²) >= 11 is 0. The van der Waals surface area contributed by atoms with Crippen LogP contribution >= 0.6 is 0 Å². The number of aromatic nitrogens is 1. The maximum atomic E-state index is 13.9. The summed E-state index contributed by atoms with van der Waals surface area (Å²) in [6.45, 7) is 1.96. The summed E-state index contributed by atoms with van der Waals surface area (Å²) < 4.78 is 13.1. The van der Waals surface area contributed by atoms with Gasteiger partial charge in [-0.15, -0.1) is 0 Å². The third-order valence-electron chi connectivity index (χ3n) is 9.04. The number of hydrogen-bond donors (Lipinski definition) is 3. The molecule has 0 unspecified atom stereocenters. The van der Waals surface area contributed by atoms with Crippen molar-refractivity contribution in [1.82, 2.24) is 14.8 Å². The van der Waals surface area contributed by atoms with Crippen molar-refractivity contribution >= 4 is 28.6 Å². The number of nitrogens with zero attached hydrogens (tertiary/aromatic N) is 2. The van der Waals surface area contributed by atoms with Crippen molar-refractivity contribution in [3.05, 3.63) is 35.5 Å². The molecule has 2 aromatic rings. The molecule has 206 valence electrons. The molecule has 2 aliphatic heterocycles. The molecular weight excluding hydrogens is 487 g/mol. The van der Waals surface area contributed by atoms with Gasteiger partial charge < -0.3 is 20.7 Å². The topological polar surface area (TPSA) is 120 Å². The fourth-order valence-electron chi connectivity index (χ4n) is 6.91. The molecule has 0 spiro atoms. The molecule has 9 heteroatoms. The Morgan fingerprint density at radius 2 is 1.76 bits per heavy atom. The average Bonchev–Trinajstić information content (AvgIpc) is 3.58. The highest BCUT2D eigenvalue weighted by Crippen LogP contribution is 2.35. The van der Waals surface area contributed by atoms with Gasteiger partial charge in [-0.05, 0) is 87.7 Å². The van der Waals surface area contributed by atoms with Crippen LogP contribution in [0.2, 0.25) is 0 Å². The summed E-state index contributed by atoms with van der Waals surface area (Å²) in [5.41, 5.74) is 7.57. The average molecular weight is 527 g/mol. The van der Waals surface area contributed by atoms with Gasteiger partial charge in [0.15, 0.2) is 5.78 Å². The van der Waals surface area contributed by atoms with Crippen LogP contribution < -0.4 is 5.73 Å². The third kappa shape index (κ3) is 5.50. The number of piperidine rings is 1. The van der Waals surface area contributed by atoms with Gasteiger partial charge in [-0.2, -0.15) is 0 Å². The van der Waals surface area contributed by atoms with Gasteiger partial charge in [-0.1, -0.05) is 12.5 Å². The Balaban J connectivity index is 1.34. The van der Waals surface area contributed by atoms with E-state index in [-0.39, 0.29) is 41.7 Å². The number of likely N-dealkylation sites (tertiary alicyclic amines) is 2. The summed E-state index contributed by atoms with van der Waals surface area (Å²) in [5.74, 6) is -0.954. The molecule has 2 saturated heterocycles. The first-order valence-electron chi connectivity index (χ1n) is 14.1. The van der Waals surface area contributed by atoms with Crippen molar-refractivity contribution in [2.75, 3.05) is 26.3 Å². The van der Waals surface area contributed by atoms with Crippen molar-refractivity contribution in [3.8, 4) is 0 Å². The number of carboxylic acid groups (broad SMARTS) is 1. The highest BCUT2D eigenvalue weighted by Gasteiger charge is 2.46. The minimum absolute atomic E-state index is 0.0256. The van der Waals surface area contributed by atoms with E-state index in [0.717, 1.165) is 56.1 Å². The van der Waals surface area contributed by atoms with Crippen molar-refractivity contribution in [2.45, 2.75) is 75.9 Å². The molecule has 0 radical (unpaired) electrons. The normalized spacial score (nSPS) is 27.5. The maximum Gasteiger partial charge on any atom is 0.352 e. The van der Waals surface area contributed by atoms with Crippen molar-refractivity contribution in [3.63, 3.8) is 0 Å². The van der Waals surface area contributed by atoms with E-state index in [1.807, 2.05) is 23.1 Å². The lowest BCUT2D eigenvalue weighted by Crippen LogP contribution is -2.54. The van der Waals surface area contributed by atoms with Crippen LogP contribution in [0.15, 0.2) is 24.3 Å². The largest absolute Gasteiger partial charge is 0.477 e. The molecule has 4 N–H and O–H groups in total. The Morgan fingerprint density at radius 3 is 2.45 bits per heavy atom. The Kier molecular flexibility index (Phi) is 8.14. The number of H-pyrrole nitrogens is 1. The number of benzene rings is 1. The van der Waals surface area contributed by atoms with E-state index in [4.69, 9.17) is 5.73 Å². The smallest absolute Gasteiger partial charge is 0.352 e. The summed E-state index contributed by atoms with van der Waals surface area (Å²) in [6.07, 6.45) is 7.29. The van der Waals surface area contributed by atoms with Crippen LogP contribution in [0.25, 0.3) is 10.9 Å². The first-order chi connectivity index (χ1) is 18.4. The lowest BCUT2D eigenvalue weighted by atomic mass is 9.78. The number of nitrogens with one attached hydrogen (secondary N) is 1. The number of ketones is 1.